The molecule has 2 atom stereocenters. The fourth-order valence-electron chi connectivity index (χ4n) is 2.23. The Kier molecular flexibility index (Phi) is 5.16. The molecule has 2 aromatic carbocycles. The van der Waals surface area contributed by atoms with Crippen molar-refractivity contribution in [2.24, 2.45) is 5.92 Å². The summed E-state index contributed by atoms with van der Waals surface area (Å²) in [6.45, 7) is 7.66. The van der Waals surface area contributed by atoms with Crippen molar-refractivity contribution in [2.45, 2.75) is 24.8 Å². The number of hydrogen-bond acceptors (Lipinski definition) is 2. The summed E-state index contributed by atoms with van der Waals surface area (Å²) in [4.78, 5) is 0.273. The van der Waals surface area contributed by atoms with Gasteiger partial charge in [-0.15, -0.1) is 6.58 Å². The SMILES string of the molecule is C=CC(C)[C@H](NS(=O)(=O)c1ccc(C)cc1)c1ccccc1. The van der Waals surface area contributed by atoms with Crippen molar-refractivity contribution in [3.05, 3.63) is 78.4 Å². The Labute approximate surface area is 132 Å². The average Bonchev–Trinajstić information content (AvgIpc) is 2.53. The van der Waals surface area contributed by atoms with Gasteiger partial charge in [0.2, 0.25) is 10.0 Å². The summed E-state index contributed by atoms with van der Waals surface area (Å²) in [5, 5.41) is 0. The third-order valence-electron chi connectivity index (χ3n) is 3.67. The Morgan fingerprint density at radius 3 is 2.18 bits per heavy atom. The molecule has 4 heteroatoms. The zero-order chi connectivity index (χ0) is 16.2. The average molecular weight is 315 g/mol. The highest BCUT2D eigenvalue weighted by Crippen LogP contribution is 2.25. The van der Waals surface area contributed by atoms with Crippen LogP contribution in [0.25, 0.3) is 0 Å². The Bertz CT molecular complexity index is 721. The highest BCUT2D eigenvalue weighted by atomic mass is 32.2. The lowest BCUT2D eigenvalue weighted by atomic mass is 9.96. The van der Waals surface area contributed by atoms with Crippen molar-refractivity contribution in [1.29, 1.82) is 0 Å². The normalized spacial score (nSPS) is 14.3. The first-order chi connectivity index (χ1) is 10.4. The first-order valence-electron chi connectivity index (χ1n) is 7.20. The van der Waals surface area contributed by atoms with E-state index < -0.39 is 10.0 Å². The van der Waals surface area contributed by atoms with E-state index in [2.05, 4.69) is 11.3 Å². The van der Waals surface area contributed by atoms with Crippen molar-refractivity contribution in [3.8, 4) is 0 Å². The lowest BCUT2D eigenvalue weighted by Crippen LogP contribution is -2.32. The smallest absolute Gasteiger partial charge is 0.207 e. The van der Waals surface area contributed by atoms with Gasteiger partial charge in [-0.3, -0.25) is 0 Å². The van der Waals surface area contributed by atoms with Gasteiger partial charge in [0.05, 0.1) is 10.9 Å². The molecule has 0 bridgehead atoms. The molecule has 22 heavy (non-hydrogen) atoms. The van der Waals surface area contributed by atoms with Gasteiger partial charge in [-0.1, -0.05) is 61.0 Å². The second-order valence-electron chi connectivity index (χ2n) is 5.42. The lowest BCUT2D eigenvalue weighted by molar-refractivity contribution is 0.498. The summed E-state index contributed by atoms with van der Waals surface area (Å²) in [6, 6.07) is 16.0. The maximum Gasteiger partial charge on any atom is 0.241 e. The van der Waals surface area contributed by atoms with E-state index >= 15 is 0 Å². The summed E-state index contributed by atoms with van der Waals surface area (Å²) in [5.74, 6) is -0.0253. The Balaban J connectivity index is 2.34. The Morgan fingerprint density at radius 2 is 1.64 bits per heavy atom. The van der Waals surface area contributed by atoms with Crippen molar-refractivity contribution in [3.63, 3.8) is 0 Å². The summed E-state index contributed by atoms with van der Waals surface area (Å²) < 4.78 is 28.0. The monoisotopic (exact) mass is 315 g/mol. The second kappa shape index (κ2) is 6.90. The van der Waals surface area contributed by atoms with Crippen LogP contribution >= 0.6 is 0 Å². The first-order valence-corrected chi connectivity index (χ1v) is 8.69. The molecule has 1 unspecified atom stereocenters. The molecule has 0 aromatic heterocycles. The van der Waals surface area contributed by atoms with Crippen LogP contribution in [-0.4, -0.2) is 8.42 Å². The van der Waals surface area contributed by atoms with Gasteiger partial charge < -0.3 is 0 Å². The molecular weight excluding hydrogens is 294 g/mol. The zero-order valence-corrected chi connectivity index (χ0v) is 13.7. The molecule has 0 aliphatic rings. The van der Waals surface area contributed by atoms with Crippen LogP contribution in [-0.2, 0) is 10.0 Å². The van der Waals surface area contributed by atoms with Gasteiger partial charge in [0, 0.05) is 0 Å². The predicted molar refractivity (Wildman–Crippen MR) is 90.0 cm³/mol. The molecule has 0 amide bonds. The third-order valence-corrected chi connectivity index (χ3v) is 5.13. The first kappa shape index (κ1) is 16.5. The molecule has 0 aliphatic heterocycles. The Morgan fingerprint density at radius 1 is 1.05 bits per heavy atom. The van der Waals surface area contributed by atoms with Crippen LogP contribution in [0.15, 0.2) is 72.1 Å². The molecule has 0 fully saturated rings. The van der Waals surface area contributed by atoms with Gasteiger partial charge >= 0.3 is 0 Å². The van der Waals surface area contributed by atoms with Gasteiger partial charge in [-0.05, 0) is 30.5 Å². The minimum absolute atomic E-state index is 0.0253. The molecule has 2 aromatic rings. The Hall–Kier alpha value is -1.91. The van der Waals surface area contributed by atoms with Gasteiger partial charge in [0.1, 0.15) is 0 Å². The van der Waals surface area contributed by atoms with Gasteiger partial charge in [-0.25, -0.2) is 13.1 Å². The number of rotatable bonds is 6. The van der Waals surface area contributed by atoms with Gasteiger partial charge in [-0.2, -0.15) is 0 Å². The van der Waals surface area contributed by atoms with Crippen LogP contribution in [0, 0.1) is 12.8 Å². The zero-order valence-electron chi connectivity index (χ0n) is 12.9. The number of aryl methyl sites for hydroxylation is 1. The van der Waals surface area contributed by atoms with Crippen LogP contribution in [0.1, 0.15) is 24.1 Å². The summed E-state index contributed by atoms with van der Waals surface area (Å²) in [7, 11) is -3.58. The molecular formula is C18H21NO2S. The fraction of sp³-hybridized carbons (Fsp3) is 0.222. The quantitative estimate of drug-likeness (QED) is 0.823. The molecule has 0 radical (unpaired) electrons. The van der Waals surface area contributed by atoms with Crippen molar-refractivity contribution < 1.29 is 8.42 Å². The van der Waals surface area contributed by atoms with Crippen molar-refractivity contribution >= 4 is 10.0 Å². The fourth-order valence-corrected chi connectivity index (χ4v) is 3.54. The van der Waals surface area contributed by atoms with Crippen molar-refractivity contribution in [1.82, 2.24) is 4.72 Å². The molecule has 0 aliphatic carbocycles. The highest BCUT2D eigenvalue weighted by molar-refractivity contribution is 7.89. The standard InChI is InChI=1S/C18H21NO2S/c1-4-15(3)18(16-8-6-5-7-9-16)19-22(20,21)17-12-10-14(2)11-13-17/h4-13,15,18-19H,1H2,2-3H3/t15?,18-/m0/s1. The van der Waals surface area contributed by atoms with Crippen LogP contribution in [0.2, 0.25) is 0 Å². The van der Waals surface area contributed by atoms with E-state index in [0.717, 1.165) is 11.1 Å². The highest BCUT2D eigenvalue weighted by Gasteiger charge is 2.24. The van der Waals surface area contributed by atoms with E-state index in [4.69, 9.17) is 0 Å². The second-order valence-corrected chi connectivity index (χ2v) is 7.13. The van der Waals surface area contributed by atoms with E-state index in [1.54, 1.807) is 30.3 Å². The largest absolute Gasteiger partial charge is 0.241 e. The van der Waals surface area contributed by atoms with E-state index in [9.17, 15) is 8.42 Å². The molecule has 2 rings (SSSR count). The van der Waals surface area contributed by atoms with Crippen LogP contribution in [0.3, 0.4) is 0 Å². The molecule has 0 saturated carbocycles. The molecule has 3 nitrogen and oxygen atoms in total. The number of hydrogen-bond donors (Lipinski definition) is 1. The van der Waals surface area contributed by atoms with E-state index in [1.807, 2.05) is 44.2 Å². The third kappa shape index (κ3) is 3.84. The predicted octanol–water partition coefficient (Wildman–Crippen LogP) is 3.84. The topological polar surface area (TPSA) is 46.2 Å². The number of nitrogens with one attached hydrogen (secondary N) is 1. The number of benzene rings is 2. The molecule has 0 saturated heterocycles. The minimum atomic E-state index is -3.58. The maximum absolute atomic E-state index is 12.6. The molecule has 0 heterocycles. The van der Waals surface area contributed by atoms with E-state index in [-0.39, 0.29) is 16.9 Å². The van der Waals surface area contributed by atoms with Gasteiger partial charge in [0.15, 0.2) is 0 Å². The molecule has 116 valence electrons. The van der Waals surface area contributed by atoms with Gasteiger partial charge in [0.25, 0.3) is 0 Å². The minimum Gasteiger partial charge on any atom is -0.207 e. The summed E-state index contributed by atoms with van der Waals surface area (Å²) in [5.41, 5.74) is 1.95. The summed E-state index contributed by atoms with van der Waals surface area (Å²) >= 11 is 0. The lowest BCUT2D eigenvalue weighted by Gasteiger charge is -2.23. The molecule has 1 N–H and O–H groups in total. The summed E-state index contributed by atoms with van der Waals surface area (Å²) in [6.07, 6.45) is 1.76. The van der Waals surface area contributed by atoms with Crippen molar-refractivity contribution in [2.75, 3.05) is 0 Å². The van der Waals surface area contributed by atoms with Crippen LogP contribution < -0.4 is 4.72 Å². The van der Waals surface area contributed by atoms with Crippen LogP contribution in [0.5, 0.6) is 0 Å². The molecule has 0 spiro atoms. The maximum atomic E-state index is 12.6. The van der Waals surface area contributed by atoms with E-state index in [0.29, 0.717) is 0 Å². The van der Waals surface area contributed by atoms with Crippen LogP contribution in [0.4, 0.5) is 0 Å². The van der Waals surface area contributed by atoms with E-state index in [1.165, 1.54) is 0 Å². The number of sulfonamides is 1.